The number of ether oxygens (including phenoxy) is 1. The minimum absolute atomic E-state index is 0.0972. The van der Waals surface area contributed by atoms with E-state index in [0.717, 1.165) is 25.0 Å². The summed E-state index contributed by atoms with van der Waals surface area (Å²) in [6.45, 7) is 2.12. The van der Waals surface area contributed by atoms with E-state index in [4.69, 9.17) is 4.74 Å². The van der Waals surface area contributed by atoms with Crippen molar-refractivity contribution in [3.8, 4) is 5.75 Å². The van der Waals surface area contributed by atoms with Crippen LogP contribution in [0.15, 0.2) is 18.2 Å². The summed E-state index contributed by atoms with van der Waals surface area (Å²) < 4.78 is 29.2. The Balaban J connectivity index is 2.05. The van der Waals surface area contributed by atoms with Crippen molar-refractivity contribution in [1.29, 1.82) is 0 Å². The van der Waals surface area contributed by atoms with Gasteiger partial charge in [-0.3, -0.25) is 0 Å². The number of nitrogens with one attached hydrogen (secondary N) is 1. The first-order chi connectivity index (χ1) is 10.1. The first-order valence-electron chi connectivity index (χ1n) is 7.69. The fraction of sp³-hybridized carbons (Fsp3) is 0.625. The fourth-order valence-corrected chi connectivity index (χ4v) is 4.11. The van der Waals surface area contributed by atoms with Gasteiger partial charge < -0.3 is 10.1 Å². The summed E-state index contributed by atoms with van der Waals surface area (Å²) in [5.74, 6) is 1.18. The lowest BCUT2D eigenvalue weighted by Crippen LogP contribution is -2.22. The summed E-state index contributed by atoms with van der Waals surface area (Å²) >= 11 is 0. The maximum absolute atomic E-state index is 11.7. The molecule has 0 saturated carbocycles. The zero-order chi connectivity index (χ0) is 15.3. The van der Waals surface area contributed by atoms with Gasteiger partial charge in [-0.15, -0.1) is 0 Å². The van der Waals surface area contributed by atoms with Gasteiger partial charge in [0.15, 0.2) is 9.84 Å². The molecular weight excluding hydrogens is 286 g/mol. The third-order valence-electron chi connectivity index (χ3n) is 3.98. The summed E-state index contributed by atoms with van der Waals surface area (Å²) in [5.41, 5.74) is 2.52. The summed E-state index contributed by atoms with van der Waals surface area (Å²) in [7, 11) is -0.999. The molecule has 0 amide bonds. The largest absolute Gasteiger partial charge is 0.492 e. The van der Waals surface area contributed by atoms with Crippen molar-refractivity contribution >= 4 is 9.84 Å². The van der Waals surface area contributed by atoms with Gasteiger partial charge in [0.05, 0.1) is 11.5 Å². The lowest BCUT2D eigenvalue weighted by molar-refractivity contribution is 0.333. The van der Waals surface area contributed by atoms with Crippen LogP contribution in [0.2, 0.25) is 0 Å². The molecule has 0 radical (unpaired) electrons. The Morgan fingerprint density at radius 1 is 1.33 bits per heavy atom. The van der Waals surface area contributed by atoms with Crippen LogP contribution in [0.1, 0.15) is 43.4 Å². The van der Waals surface area contributed by atoms with Crippen molar-refractivity contribution in [3.63, 3.8) is 0 Å². The molecule has 1 N–H and O–H groups in total. The first kappa shape index (κ1) is 16.3. The molecule has 1 atom stereocenters. The predicted molar refractivity (Wildman–Crippen MR) is 85.6 cm³/mol. The number of benzene rings is 1. The molecule has 0 heterocycles. The van der Waals surface area contributed by atoms with Gasteiger partial charge in [0, 0.05) is 6.04 Å². The van der Waals surface area contributed by atoms with E-state index in [2.05, 4.69) is 11.4 Å². The molecule has 0 fully saturated rings. The van der Waals surface area contributed by atoms with Gasteiger partial charge in [0.2, 0.25) is 0 Å². The minimum atomic E-state index is -2.98. The summed E-state index contributed by atoms with van der Waals surface area (Å²) in [6, 6.07) is 6.45. The van der Waals surface area contributed by atoms with Gasteiger partial charge in [0.1, 0.15) is 12.4 Å². The Kier molecular flexibility index (Phi) is 5.65. The lowest BCUT2D eigenvalue weighted by Gasteiger charge is -2.26. The molecule has 0 saturated heterocycles. The Morgan fingerprint density at radius 2 is 2.14 bits per heavy atom. The monoisotopic (exact) mass is 311 g/mol. The molecule has 1 aliphatic rings. The molecule has 2 rings (SSSR count). The predicted octanol–water partition coefficient (Wildman–Crippen LogP) is 2.49. The standard InChI is InChI=1S/C16H25NO3S/c1-3-11-21(18,19)12-10-20-16-9-5-6-13-14(16)7-4-8-15(13)17-2/h5-6,9,15,17H,3-4,7-8,10-12H2,1-2H3. The molecule has 0 bridgehead atoms. The molecule has 0 aliphatic heterocycles. The second-order valence-electron chi connectivity index (χ2n) is 5.56. The molecule has 1 aliphatic carbocycles. The summed E-state index contributed by atoms with van der Waals surface area (Å²) in [4.78, 5) is 0. The first-order valence-corrected chi connectivity index (χ1v) is 9.52. The van der Waals surface area contributed by atoms with Crippen LogP contribution in [0, 0.1) is 0 Å². The molecule has 1 aromatic rings. The number of rotatable bonds is 7. The Labute approximate surface area is 127 Å². The number of sulfone groups is 1. The van der Waals surface area contributed by atoms with Gasteiger partial charge in [-0.2, -0.15) is 0 Å². The van der Waals surface area contributed by atoms with E-state index in [-0.39, 0.29) is 18.1 Å². The van der Waals surface area contributed by atoms with E-state index in [1.165, 1.54) is 11.1 Å². The van der Waals surface area contributed by atoms with Crippen LogP contribution in [-0.2, 0) is 16.3 Å². The molecule has 0 aromatic heterocycles. The molecule has 21 heavy (non-hydrogen) atoms. The fourth-order valence-electron chi connectivity index (χ4n) is 2.94. The van der Waals surface area contributed by atoms with Crippen molar-refractivity contribution in [3.05, 3.63) is 29.3 Å². The van der Waals surface area contributed by atoms with Crippen molar-refractivity contribution < 1.29 is 13.2 Å². The van der Waals surface area contributed by atoms with Crippen LogP contribution in [0.25, 0.3) is 0 Å². The second-order valence-corrected chi connectivity index (χ2v) is 7.86. The minimum Gasteiger partial charge on any atom is -0.492 e. The van der Waals surface area contributed by atoms with Crippen LogP contribution in [0.4, 0.5) is 0 Å². The molecule has 118 valence electrons. The zero-order valence-electron chi connectivity index (χ0n) is 12.9. The van der Waals surface area contributed by atoms with Gasteiger partial charge in [-0.25, -0.2) is 8.42 Å². The normalized spacial score (nSPS) is 18.3. The number of hydrogen-bond donors (Lipinski definition) is 1. The molecule has 0 spiro atoms. The highest BCUT2D eigenvalue weighted by molar-refractivity contribution is 7.91. The SMILES string of the molecule is CCCS(=O)(=O)CCOc1cccc2c1CCCC2NC. The van der Waals surface area contributed by atoms with E-state index in [9.17, 15) is 8.42 Å². The van der Waals surface area contributed by atoms with Gasteiger partial charge in [-0.1, -0.05) is 19.1 Å². The smallest absolute Gasteiger partial charge is 0.153 e. The van der Waals surface area contributed by atoms with E-state index in [0.29, 0.717) is 12.5 Å². The summed E-state index contributed by atoms with van der Waals surface area (Å²) in [6.07, 6.45) is 3.93. The molecule has 4 nitrogen and oxygen atoms in total. The van der Waals surface area contributed by atoms with Crippen molar-refractivity contribution in [2.75, 3.05) is 25.2 Å². The van der Waals surface area contributed by atoms with Crippen molar-refractivity contribution in [2.24, 2.45) is 0 Å². The third kappa shape index (κ3) is 4.20. The Hall–Kier alpha value is -1.07. The van der Waals surface area contributed by atoms with Crippen LogP contribution < -0.4 is 10.1 Å². The van der Waals surface area contributed by atoms with E-state index >= 15 is 0 Å². The van der Waals surface area contributed by atoms with Gasteiger partial charge in [0.25, 0.3) is 0 Å². The maximum atomic E-state index is 11.7. The highest BCUT2D eigenvalue weighted by Gasteiger charge is 2.21. The van der Waals surface area contributed by atoms with Crippen LogP contribution in [0.5, 0.6) is 5.75 Å². The van der Waals surface area contributed by atoms with E-state index in [1.54, 1.807) is 0 Å². The average Bonchev–Trinajstić information content (AvgIpc) is 2.46. The summed E-state index contributed by atoms with van der Waals surface area (Å²) in [5, 5.41) is 3.33. The highest BCUT2D eigenvalue weighted by atomic mass is 32.2. The van der Waals surface area contributed by atoms with E-state index in [1.807, 2.05) is 26.1 Å². The topological polar surface area (TPSA) is 55.4 Å². The lowest BCUT2D eigenvalue weighted by atomic mass is 9.87. The van der Waals surface area contributed by atoms with Gasteiger partial charge in [-0.05, 0) is 49.9 Å². The molecule has 1 aromatic carbocycles. The maximum Gasteiger partial charge on any atom is 0.153 e. The molecule has 1 unspecified atom stereocenters. The Morgan fingerprint density at radius 3 is 2.86 bits per heavy atom. The molecule has 5 heteroatoms. The van der Waals surface area contributed by atoms with Crippen LogP contribution in [0.3, 0.4) is 0 Å². The highest BCUT2D eigenvalue weighted by Crippen LogP contribution is 2.35. The van der Waals surface area contributed by atoms with Gasteiger partial charge >= 0.3 is 0 Å². The Bertz CT molecular complexity index is 569. The van der Waals surface area contributed by atoms with Crippen molar-refractivity contribution in [2.45, 2.75) is 38.6 Å². The second kappa shape index (κ2) is 7.27. The van der Waals surface area contributed by atoms with Crippen LogP contribution >= 0.6 is 0 Å². The average molecular weight is 311 g/mol. The van der Waals surface area contributed by atoms with E-state index < -0.39 is 9.84 Å². The van der Waals surface area contributed by atoms with Crippen LogP contribution in [-0.4, -0.2) is 33.6 Å². The number of fused-ring (bicyclic) bond motifs is 1. The zero-order valence-corrected chi connectivity index (χ0v) is 13.7. The van der Waals surface area contributed by atoms with Crippen molar-refractivity contribution in [1.82, 2.24) is 5.32 Å². The molecular formula is C16H25NO3S. The quantitative estimate of drug-likeness (QED) is 0.840. The number of hydrogen-bond acceptors (Lipinski definition) is 4. The third-order valence-corrected chi connectivity index (χ3v) is 5.80.